The average Bonchev–Trinajstić information content (AvgIpc) is 2.82. The number of aromatic nitrogens is 1. The average molecular weight is 302 g/mol. The predicted octanol–water partition coefficient (Wildman–Crippen LogP) is 3.04. The fraction of sp³-hybridized carbons (Fsp3) is 0.529. The second-order valence-corrected chi connectivity index (χ2v) is 5.83. The molecule has 0 aliphatic heterocycles. The van der Waals surface area contributed by atoms with Crippen LogP contribution in [0.4, 0.5) is 0 Å². The summed E-state index contributed by atoms with van der Waals surface area (Å²) in [4.78, 5) is 16.4. The lowest BCUT2D eigenvalue weighted by Crippen LogP contribution is -2.39. The minimum absolute atomic E-state index is 0.0723. The van der Waals surface area contributed by atoms with Crippen LogP contribution in [-0.4, -0.2) is 24.1 Å². The molecule has 1 aromatic carbocycles. The molecule has 3 rings (SSSR count). The van der Waals surface area contributed by atoms with Crippen LogP contribution in [0.2, 0.25) is 0 Å². The van der Waals surface area contributed by atoms with Crippen LogP contribution in [-0.2, 0) is 16.1 Å². The van der Waals surface area contributed by atoms with E-state index in [1.807, 2.05) is 24.3 Å². The van der Waals surface area contributed by atoms with E-state index < -0.39 is 0 Å². The summed E-state index contributed by atoms with van der Waals surface area (Å²) in [5, 5.41) is 3.45. The second-order valence-electron chi connectivity index (χ2n) is 5.83. The van der Waals surface area contributed by atoms with Gasteiger partial charge in [0, 0.05) is 6.04 Å². The number of ether oxygens (including phenoxy) is 1. The number of nitrogens with one attached hydrogen (secondary N) is 1. The van der Waals surface area contributed by atoms with Gasteiger partial charge in [-0.15, -0.1) is 0 Å². The number of carbonyl (C=O) groups is 1. The number of benzene rings is 1. The Hall–Kier alpha value is -1.88. The summed E-state index contributed by atoms with van der Waals surface area (Å²) in [5.74, 6) is 0.475. The number of hydrogen-bond acceptors (Lipinski definition) is 5. The summed E-state index contributed by atoms with van der Waals surface area (Å²) in [6, 6.07) is 7.86. The van der Waals surface area contributed by atoms with E-state index in [0.29, 0.717) is 12.4 Å². The number of methoxy groups -OCH3 is 1. The number of nitrogens with zero attached hydrogens (tertiary/aromatic N) is 1. The largest absolute Gasteiger partial charge is 0.469 e. The number of rotatable bonds is 4. The van der Waals surface area contributed by atoms with Gasteiger partial charge in [-0.2, -0.15) is 0 Å². The number of esters is 1. The molecule has 1 heterocycles. The molecule has 1 N–H and O–H groups in total. The molecule has 1 aliphatic rings. The van der Waals surface area contributed by atoms with Gasteiger partial charge >= 0.3 is 5.97 Å². The standard InChI is InChI=1S/C17H22N2O3/c1-21-17(20)12-7-3-2-4-8-13(12)18-11-16-19-14-9-5-6-10-15(14)22-16/h5-6,9-10,12-13,18H,2-4,7-8,11H2,1H3/t12-,13+/m0/s1. The Morgan fingerprint density at radius 2 is 2.14 bits per heavy atom. The molecule has 0 radical (unpaired) electrons. The lowest BCUT2D eigenvalue weighted by Gasteiger charge is -2.23. The van der Waals surface area contributed by atoms with Crippen LogP contribution in [0.1, 0.15) is 38.0 Å². The monoisotopic (exact) mass is 302 g/mol. The maximum Gasteiger partial charge on any atom is 0.310 e. The van der Waals surface area contributed by atoms with Gasteiger partial charge in [0.05, 0.1) is 19.6 Å². The zero-order chi connectivity index (χ0) is 15.4. The van der Waals surface area contributed by atoms with Gasteiger partial charge in [0.1, 0.15) is 5.52 Å². The van der Waals surface area contributed by atoms with Crippen molar-refractivity contribution in [1.29, 1.82) is 0 Å². The fourth-order valence-electron chi connectivity index (χ4n) is 3.20. The minimum Gasteiger partial charge on any atom is -0.469 e. The lowest BCUT2D eigenvalue weighted by molar-refractivity contribution is -0.146. The summed E-state index contributed by atoms with van der Waals surface area (Å²) in [5.41, 5.74) is 1.66. The van der Waals surface area contributed by atoms with Crippen LogP contribution in [0.3, 0.4) is 0 Å². The molecular formula is C17H22N2O3. The van der Waals surface area contributed by atoms with Crippen molar-refractivity contribution in [1.82, 2.24) is 10.3 Å². The lowest BCUT2D eigenvalue weighted by atomic mass is 9.95. The molecule has 2 aromatic rings. The molecular weight excluding hydrogens is 280 g/mol. The Bertz CT molecular complexity index is 605. The van der Waals surface area contributed by atoms with E-state index in [9.17, 15) is 4.79 Å². The Labute approximate surface area is 130 Å². The quantitative estimate of drug-likeness (QED) is 0.694. The van der Waals surface area contributed by atoms with Gasteiger partial charge in [-0.25, -0.2) is 4.98 Å². The van der Waals surface area contributed by atoms with Gasteiger partial charge in [0.15, 0.2) is 5.58 Å². The summed E-state index contributed by atoms with van der Waals surface area (Å²) < 4.78 is 10.7. The van der Waals surface area contributed by atoms with Crippen molar-refractivity contribution >= 4 is 17.1 Å². The highest BCUT2D eigenvalue weighted by atomic mass is 16.5. The van der Waals surface area contributed by atoms with E-state index in [1.54, 1.807) is 0 Å². The smallest absolute Gasteiger partial charge is 0.310 e. The third kappa shape index (κ3) is 3.30. The van der Waals surface area contributed by atoms with Crippen molar-refractivity contribution in [2.75, 3.05) is 7.11 Å². The molecule has 5 nitrogen and oxygen atoms in total. The Balaban J connectivity index is 1.68. The highest BCUT2D eigenvalue weighted by Gasteiger charge is 2.30. The molecule has 0 unspecified atom stereocenters. The van der Waals surface area contributed by atoms with Gasteiger partial charge in [0.2, 0.25) is 5.89 Å². The highest BCUT2D eigenvalue weighted by Crippen LogP contribution is 2.25. The first-order valence-corrected chi connectivity index (χ1v) is 7.93. The Kier molecular flexibility index (Phi) is 4.73. The van der Waals surface area contributed by atoms with Crippen LogP contribution in [0.15, 0.2) is 28.7 Å². The fourth-order valence-corrected chi connectivity index (χ4v) is 3.20. The number of carbonyl (C=O) groups excluding carboxylic acids is 1. The van der Waals surface area contributed by atoms with Gasteiger partial charge in [-0.3, -0.25) is 4.79 Å². The molecule has 0 amide bonds. The van der Waals surface area contributed by atoms with Gasteiger partial charge < -0.3 is 14.5 Å². The third-order valence-electron chi connectivity index (χ3n) is 4.37. The molecule has 1 aliphatic carbocycles. The SMILES string of the molecule is COC(=O)[C@H]1CCCCC[C@H]1NCc1nc2ccccc2o1. The molecule has 0 bridgehead atoms. The van der Waals surface area contributed by atoms with Crippen molar-refractivity contribution in [3.8, 4) is 0 Å². The van der Waals surface area contributed by atoms with E-state index in [0.717, 1.165) is 36.8 Å². The highest BCUT2D eigenvalue weighted by molar-refractivity contribution is 5.73. The van der Waals surface area contributed by atoms with Crippen LogP contribution in [0.5, 0.6) is 0 Å². The molecule has 2 atom stereocenters. The van der Waals surface area contributed by atoms with Crippen molar-refractivity contribution in [3.05, 3.63) is 30.2 Å². The summed E-state index contributed by atoms with van der Waals surface area (Å²) >= 11 is 0. The molecule has 1 fully saturated rings. The van der Waals surface area contributed by atoms with Crippen molar-refractivity contribution < 1.29 is 13.9 Å². The van der Waals surface area contributed by atoms with Crippen LogP contribution in [0, 0.1) is 5.92 Å². The number of para-hydroxylation sites is 2. The molecule has 1 aromatic heterocycles. The van der Waals surface area contributed by atoms with E-state index in [4.69, 9.17) is 9.15 Å². The first-order valence-electron chi connectivity index (χ1n) is 7.93. The number of fused-ring (bicyclic) bond motifs is 1. The summed E-state index contributed by atoms with van der Waals surface area (Å²) in [7, 11) is 1.46. The second kappa shape index (κ2) is 6.92. The van der Waals surface area contributed by atoms with Crippen molar-refractivity contribution in [2.24, 2.45) is 5.92 Å². The van der Waals surface area contributed by atoms with Gasteiger partial charge in [0.25, 0.3) is 0 Å². The molecule has 0 spiro atoms. The van der Waals surface area contributed by atoms with Gasteiger partial charge in [-0.05, 0) is 25.0 Å². The third-order valence-corrected chi connectivity index (χ3v) is 4.37. The van der Waals surface area contributed by atoms with E-state index in [1.165, 1.54) is 13.5 Å². The Morgan fingerprint density at radius 1 is 1.32 bits per heavy atom. The van der Waals surface area contributed by atoms with Crippen LogP contribution < -0.4 is 5.32 Å². The summed E-state index contributed by atoms with van der Waals surface area (Å²) in [6.45, 7) is 0.535. The Morgan fingerprint density at radius 3 is 2.95 bits per heavy atom. The first kappa shape index (κ1) is 15.0. The first-order chi connectivity index (χ1) is 10.8. The topological polar surface area (TPSA) is 64.4 Å². The number of hydrogen-bond donors (Lipinski definition) is 1. The molecule has 22 heavy (non-hydrogen) atoms. The zero-order valence-electron chi connectivity index (χ0n) is 12.9. The van der Waals surface area contributed by atoms with Crippen molar-refractivity contribution in [2.45, 2.75) is 44.7 Å². The van der Waals surface area contributed by atoms with E-state index in [-0.39, 0.29) is 17.9 Å². The molecule has 0 saturated heterocycles. The van der Waals surface area contributed by atoms with Gasteiger partial charge in [-0.1, -0.05) is 31.4 Å². The predicted molar refractivity (Wildman–Crippen MR) is 83.2 cm³/mol. The molecule has 118 valence electrons. The maximum absolute atomic E-state index is 12.0. The molecule has 5 heteroatoms. The molecule has 1 saturated carbocycles. The normalized spacial score (nSPS) is 22.4. The van der Waals surface area contributed by atoms with Crippen LogP contribution >= 0.6 is 0 Å². The summed E-state index contributed by atoms with van der Waals surface area (Å²) in [6.07, 6.45) is 5.27. The van der Waals surface area contributed by atoms with Crippen molar-refractivity contribution in [3.63, 3.8) is 0 Å². The number of oxazole rings is 1. The van der Waals surface area contributed by atoms with Crippen LogP contribution in [0.25, 0.3) is 11.1 Å². The maximum atomic E-state index is 12.0. The van der Waals surface area contributed by atoms with E-state index in [2.05, 4.69) is 10.3 Å². The van der Waals surface area contributed by atoms with E-state index >= 15 is 0 Å². The zero-order valence-corrected chi connectivity index (χ0v) is 12.9. The minimum atomic E-state index is -0.114.